The minimum absolute atomic E-state index is 0.379. The van der Waals surface area contributed by atoms with Crippen LogP contribution in [0.2, 0.25) is 5.02 Å². The van der Waals surface area contributed by atoms with Gasteiger partial charge in [-0.2, -0.15) is 0 Å². The lowest BCUT2D eigenvalue weighted by atomic mass is 9.99. The maximum Gasteiger partial charge on any atom is 0.122 e. The molecule has 3 nitrogen and oxygen atoms in total. The van der Waals surface area contributed by atoms with Gasteiger partial charge in [0.15, 0.2) is 0 Å². The molecule has 0 saturated heterocycles. The summed E-state index contributed by atoms with van der Waals surface area (Å²) in [4.78, 5) is 0. The summed E-state index contributed by atoms with van der Waals surface area (Å²) in [6.07, 6.45) is -0.343. The van der Waals surface area contributed by atoms with Crippen LogP contribution in [0.4, 0.5) is 5.69 Å². The second-order valence-corrected chi connectivity index (χ2v) is 5.80. The molecule has 0 aliphatic heterocycles. The molecule has 0 bridgehead atoms. The zero-order valence-corrected chi connectivity index (χ0v) is 13.3. The monoisotopic (exact) mass is 355 g/mol. The van der Waals surface area contributed by atoms with Crippen LogP contribution < -0.4 is 10.5 Å². The van der Waals surface area contributed by atoms with Crippen molar-refractivity contribution in [1.82, 2.24) is 0 Å². The quantitative estimate of drug-likeness (QED) is 0.815. The predicted octanol–water partition coefficient (Wildman–Crippen LogP) is 3.97. The fourth-order valence-corrected chi connectivity index (χ4v) is 2.63. The zero-order valence-electron chi connectivity index (χ0n) is 10.9. The van der Waals surface area contributed by atoms with E-state index in [4.69, 9.17) is 22.1 Å². The first-order valence-corrected chi connectivity index (χ1v) is 7.23. The van der Waals surface area contributed by atoms with Gasteiger partial charge in [-0.3, -0.25) is 0 Å². The molecule has 106 valence electrons. The first-order valence-electron chi connectivity index (χ1n) is 6.06. The Labute approximate surface area is 131 Å². The van der Waals surface area contributed by atoms with Gasteiger partial charge in [-0.25, -0.2) is 0 Å². The molecule has 2 aromatic carbocycles. The second kappa shape index (κ2) is 6.48. The smallest absolute Gasteiger partial charge is 0.122 e. The summed E-state index contributed by atoms with van der Waals surface area (Å²) in [6, 6.07) is 10.7. The van der Waals surface area contributed by atoms with Crippen molar-refractivity contribution < 1.29 is 9.84 Å². The molecule has 0 heterocycles. The number of benzene rings is 2. The summed E-state index contributed by atoms with van der Waals surface area (Å²) in [5.41, 5.74) is 7.98. The van der Waals surface area contributed by atoms with Crippen molar-refractivity contribution in [3.63, 3.8) is 0 Å². The highest BCUT2D eigenvalue weighted by Gasteiger charge is 2.15. The van der Waals surface area contributed by atoms with Gasteiger partial charge in [0.05, 0.1) is 13.2 Å². The summed E-state index contributed by atoms with van der Waals surface area (Å²) in [6.45, 7) is 0. The van der Waals surface area contributed by atoms with Gasteiger partial charge in [-0.05, 0) is 42.0 Å². The van der Waals surface area contributed by atoms with Crippen molar-refractivity contribution >= 4 is 33.2 Å². The van der Waals surface area contributed by atoms with Gasteiger partial charge in [-0.15, -0.1) is 0 Å². The number of nitrogens with two attached hydrogens (primary N) is 1. The Bertz CT molecular complexity index is 619. The Morgan fingerprint density at radius 1 is 1.30 bits per heavy atom. The van der Waals surface area contributed by atoms with E-state index in [1.165, 1.54) is 0 Å². The minimum atomic E-state index is -0.722. The van der Waals surface area contributed by atoms with Gasteiger partial charge in [0.1, 0.15) is 5.75 Å². The highest BCUT2D eigenvalue weighted by Crippen LogP contribution is 2.31. The van der Waals surface area contributed by atoms with E-state index < -0.39 is 6.10 Å². The number of aliphatic hydroxyl groups is 1. The lowest BCUT2D eigenvalue weighted by Crippen LogP contribution is -2.06. The Morgan fingerprint density at radius 3 is 2.75 bits per heavy atom. The van der Waals surface area contributed by atoms with Crippen LogP contribution >= 0.6 is 27.5 Å². The molecule has 0 spiro atoms. The van der Waals surface area contributed by atoms with E-state index in [0.717, 1.165) is 10.0 Å². The molecule has 0 aliphatic carbocycles. The highest BCUT2D eigenvalue weighted by molar-refractivity contribution is 9.10. The zero-order chi connectivity index (χ0) is 14.7. The molecular formula is C15H15BrClNO2. The first kappa shape index (κ1) is 15.2. The molecule has 0 radical (unpaired) electrons. The largest absolute Gasteiger partial charge is 0.496 e. The molecule has 0 fully saturated rings. The molecule has 0 amide bonds. The van der Waals surface area contributed by atoms with Crippen LogP contribution in [0.15, 0.2) is 40.9 Å². The Balaban J connectivity index is 2.29. The molecule has 20 heavy (non-hydrogen) atoms. The van der Waals surface area contributed by atoms with E-state index >= 15 is 0 Å². The molecule has 0 aliphatic rings. The average molecular weight is 357 g/mol. The number of ether oxygens (including phenoxy) is 1. The van der Waals surface area contributed by atoms with Crippen molar-refractivity contribution in [1.29, 1.82) is 0 Å². The van der Waals surface area contributed by atoms with Gasteiger partial charge in [0.2, 0.25) is 0 Å². The lowest BCUT2D eigenvalue weighted by Gasteiger charge is -2.16. The molecule has 1 atom stereocenters. The van der Waals surface area contributed by atoms with E-state index in [-0.39, 0.29) is 0 Å². The number of halogens is 2. The summed E-state index contributed by atoms with van der Waals surface area (Å²) < 4.78 is 6.15. The Morgan fingerprint density at radius 2 is 2.05 bits per heavy atom. The van der Waals surface area contributed by atoms with E-state index in [2.05, 4.69) is 15.9 Å². The SMILES string of the molecule is COc1ccc(Cl)cc1CC(O)c1cc(Br)ccc1N. The van der Waals surface area contributed by atoms with Crippen LogP contribution in [0.3, 0.4) is 0 Å². The van der Waals surface area contributed by atoms with Crippen molar-refractivity contribution in [2.24, 2.45) is 0 Å². The second-order valence-electron chi connectivity index (χ2n) is 4.45. The van der Waals surface area contributed by atoms with Crippen molar-refractivity contribution in [3.05, 3.63) is 57.0 Å². The third kappa shape index (κ3) is 3.45. The minimum Gasteiger partial charge on any atom is -0.496 e. The van der Waals surface area contributed by atoms with E-state index in [1.807, 2.05) is 12.1 Å². The summed E-state index contributed by atoms with van der Waals surface area (Å²) >= 11 is 9.37. The number of nitrogen functional groups attached to an aromatic ring is 1. The van der Waals surface area contributed by atoms with Gasteiger partial charge >= 0.3 is 0 Å². The van der Waals surface area contributed by atoms with Gasteiger partial charge in [0, 0.05) is 27.2 Å². The molecule has 1 unspecified atom stereocenters. The topological polar surface area (TPSA) is 55.5 Å². The lowest BCUT2D eigenvalue weighted by molar-refractivity contribution is 0.178. The summed E-state index contributed by atoms with van der Waals surface area (Å²) in [5, 5.41) is 11.0. The maximum atomic E-state index is 10.4. The molecule has 0 saturated carbocycles. The standard InChI is InChI=1S/C15H15BrClNO2/c1-20-15-5-3-11(17)6-9(15)7-14(19)12-8-10(16)2-4-13(12)18/h2-6,8,14,19H,7,18H2,1H3. The van der Waals surface area contributed by atoms with Gasteiger partial charge in [-0.1, -0.05) is 27.5 Å². The summed E-state index contributed by atoms with van der Waals surface area (Å²) in [7, 11) is 1.59. The van der Waals surface area contributed by atoms with Crippen LogP contribution in [0.25, 0.3) is 0 Å². The number of methoxy groups -OCH3 is 1. The third-order valence-corrected chi connectivity index (χ3v) is 3.79. The van der Waals surface area contributed by atoms with E-state index in [0.29, 0.717) is 28.4 Å². The number of hydrogen-bond acceptors (Lipinski definition) is 3. The third-order valence-electron chi connectivity index (χ3n) is 3.06. The van der Waals surface area contributed by atoms with Crippen molar-refractivity contribution in [3.8, 4) is 5.75 Å². The van der Waals surface area contributed by atoms with Crippen LogP contribution in [0.1, 0.15) is 17.2 Å². The average Bonchev–Trinajstić information content (AvgIpc) is 2.41. The number of aliphatic hydroxyl groups excluding tert-OH is 1. The maximum absolute atomic E-state index is 10.4. The van der Waals surface area contributed by atoms with Crippen molar-refractivity contribution in [2.45, 2.75) is 12.5 Å². The number of hydrogen-bond donors (Lipinski definition) is 2. The Kier molecular flexibility index (Phi) is 4.91. The van der Waals surface area contributed by atoms with Crippen LogP contribution in [0.5, 0.6) is 5.75 Å². The van der Waals surface area contributed by atoms with Crippen LogP contribution in [-0.4, -0.2) is 12.2 Å². The van der Waals surface area contributed by atoms with Crippen LogP contribution in [0, 0.1) is 0 Å². The fourth-order valence-electron chi connectivity index (χ4n) is 2.06. The highest BCUT2D eigenvalue weighted by atomic mass is 79.9. The molecule has 5 heteroatoms. The predicted molar refractivity (Wildman–Crippen MR) is 85.2 cm³/mol. The van der Waals surface area contributed by atoms with E-state index in [1.54, 1.807) is 31.4 Å². The van der Waals surface area contributed by atoms with Crippen molar-refractivity contribution in [2.75, 3.05) is 12.8 Å². The van der Waals surface area contributed by atoms with E-state index in [9.17, 15) is 5.11 Å². The first-order chi connectivity index (χ1) is 9.51. The van der Waals surface area contributed by atoms with Gasteiger partial charge in [0.25, 0.3) is 0 Å². The summed E-state index contributed by atoms with van der Waals surface area (Å²) in [5.74, 6) is 0.696. The molecule has 0 aromatic heterocycles. The molecule has 2 aromatic rings. The fraction of sp³-hybridized carbons (Fsp3) is 0.200. The van der Waals surface area contributed by atoms with Crippen LogP contribution in [-0.2, 0) is 6.42 Å². The molecule has 2 rings (SSSR count). The molecule has 3 N–H and O–H groups in total. The van der Waals surface area contributed by atoms with Gasteiger partial charge < -0.3 is 15.6 Å². The number of anilines is 1. The Hall–Kier alpha value is -1.23. The normalized spacial score (nSPS) is 12.2. The number of rotatable bonds is 4. The molecular weight excluding hydrogens is 342 g/mol.